The minimum absolute atomic E-state index is 0.265. The molecule has 0 aliphatic carbocycles. The average Bonchev–Trinajstić information content (AvgIpc) is 2.41. The molecule has 3 nitrogen and oxygen atoms in total. The Bertz CT molecular complexity index is 390. The van der Waals surface area contributed by atoms with Crippen LogP contribution in [0.15, 0.2) is 4.21 Å². The third-order valence-electron chi connectivity index (χ3n) is 1.61. The zero-order valence-electron chi connectivity index (χ0n) is 7.12. The van der Waals surface area contributed by atoms with Crippen molar-refractivity contribution in [1.82, 2.24) is 0 Å². The summed E-state index contributed by atoms with van der Waals surface area (Å²) in [6.45, 7) is 1.66. The summed E-state index contributed by atoms with van der Waals surface area (Å²) >= 11 is 2.56. The number of nitrogens with zero attached hydrogens (tertiary/aromatic N) is 1. The van der Waals surface area contributed by atoms with E-state index in [1.165, 1.54) is 11.8 Å². The predicted molar refractivity (Wildman–Crippen MR) is 52.5 cm³/mol. The van der Waals surface area contributed by atoms with Crippen LogP contribution in [-0.2, 0) is 0 Å². The zero-order chi connectivity index (χ0) is 10.0. The van der Waals surface area contributed by atoms with E-state index in [1.807, 2.05) is 12.3 Å². The first-order chi connectivity index (χ1) is 6.11. The highest BCUT2D eigenvalue weighted by Crippen LogP contribution is 2.33. The molecular formula is C8H7NO2S2. The lowest BCUT2D eigenvalue weighted by Gasteiger charge is -1.89. The van der Waals surface area contributed by atoms with Gasteiger partial charge in [-0.05, 0) is 18.7 Å². The van der Waals surface area contributed by atoms with E-state index in [-0.39, 0.29) is 4.88 Å². The Morgan fingerprint density at radius 3 is 2.62 bits per heavy atom. The lowest BCUT2D eigenvalue weighted by atomic mass is 10.2. The van der Waals surface area contributed by atoms with Crippen LogP contribution in [0.25, 0.3) is 0 Å². The number of hydrogen-bond donors (Lipinski definition) is 1. The van der Waals surface area contributed by atoms with E-state index in [9.17, 15) is 4.79 Å². The summed E-state index contributed by atoms with van der Waals surface area (Å²) in [5, 5.41) is 17.6. The molecular weight excluding hydrogens is 206 g/mol. The number of thioether (sulfide) groups is 1. The zero-order valence-corrected chi connectivity index (χ0v) is 8.75. The van der Waals surface area contributed by atoms with Gasteiger partial charge in [0.25, 0.3) is 0 Å². The van der Waals surface area contributed by atoms with Gasteiger partial charge in [-0.3, -0.25) is 0 Å². The number of carboxylic acids is 1. The lowest BCUT2D eigenvalue weighted by Crippen LogP contribution is -1.94. The molecule has 0 saturated heterocycles. The number of rotatable bonds is 2. The molecule has 0 bridgehead atoms. The molecule has 1 aromatic heterocycles. The smallest absolute Gasteiger partial charge is 0.346 e. The fourth-order valence-corrected chi connectivity index (χ4v) is 2.78. The highest BCUT2D eigenvalue weighted by molar-refractivity contribution is 8.00. The summed E-state index contributed by atoms with van der Waals surface area (Å²) < 4.78 is 0.775. The van der Waals surface area contributed by atoms with Gasteiger partial charge in [-0.1, -0.05) is 0 Å². The molecule has 68 valence electrons. The van der Waals surface area contributed by atoms with Crippen molar-refractivity contribution in [3.63, 3.8) is 0 Å². The molecule has 0 spiro atoms. The maximum atomic E-state index is 10.7. The Hall–Kier alpha value is -0.990. The molecule has 1 N–H and O–H groups in total. The van der Waals surface area contributed by atoms with Crippen molar-refractivity contribution in [1.29, 1.82) is 5.26 Å². The second-order valence-corrected chi connectivity index (χ2v) is 4.44. The van der Waals surface area contributed by atoms with E-state index in [4.69, 9.17) is 10.4 Å². The molecule has 0 aliphatic rings. The summed E-state index contributed by atoms with van der Waals surface area (Å²) in [5.41, 5.74) is 1.07. The van der Waals surface area contributed by atoms with Crippen LogP contribution in [0.5, 0.6) is 0 Å². The fourth-order valence-electron chi connectivity index (χ4n) is 0.964. The molecule has 0 amide bonds. The highest BCUT2D eigenvalue weighted by atomic mass is 32.2. The predicted octanol–water partition coefficient (Wildman–Crippen LogP) is 2.35. The molecule has 13 heavy (non-hydrogen) atoms. The largest absolute Gasteiger partial charge is 0.477 e. The second-order valence-electron chi connectivity index (χ2n) is 2.34. The first-order valence-electron chi connectivity index (χ1n) is 3.42. The Labute approximate surface area is 84.0 Å². The molecule has 0 atom stereocenters. The average molecular weight is 213 g/mol. The van der Waals surface area contributed by atoms with Gasteiger partial charge in [0.2, 0.25) is 0 Å². The molecule has 1 aromatic rings. The van der Waals surface area contributed by atoms with Crippen LogP contribution in [0.3, 0.4) is 0 Å². The number of hydrogen-bond acceptors (Lipinski definition) is 4. The standard InChI is InChI=1S/C8H7NO2S2/c1-4-5(3-9)8(12-2)13-6(4)7(10)11/h1-2H3,(H,10,11). The fraction of sp³-hybridized carbons (Fsp3) is 0.250. The van der Waals surface area contributed by atoms with Crippen LogP contribution < -0.4 is 0 Å². The SMILES string of the molecule is CSc1sc(C(=O)O)c(C)c1C#N. The van der Waals surface area contributed by atoms with Gasteiger partial charge in [0, 0.05) is 0 Å². The third kappa shape index (κ3) is 1.69. The summed E-state index contributed by atoms with van der Waals surface area (Å²) in [7, 11) is 0. The molecule has 0 fully saturated rings. The lowest BCUT2D eigenvalue weighted by molar-refractivity contribution is 0.0701. The summed E-state index contributed by atoms with van der Waals surface area (Å²) in [6.07, 6.45) is 1.83. The quantitative estimate of drug-likeness (QED) is 0.766. The maximum Gasteiger partial charge on any atom is 0.346 e. The maximum absolute atomic E-state index is 10.7. The second kappa shape index (κ2) is 3.81. The normalized spacial score (nSPS) is 9.62. The van der Waals surface area contributed by atoms with Gasteiger partial charge in [-0.2, -0.15) is 5.26 Å². The number of thiophene rings is 1. The Balaban J connectivity index is 3.37. The number of carboxylic acid groups (broad SMARTS) is 1. The van der Waals surface area contributed by atoms with Crippen molar-refractivity contribution >= 4 is 29.1 Å². The topological polar surface area (TPSA) is 61.1 Å². The Morgan fingerprint density at radius 1 is 1.69 bits per heavy atom. The summed E-state index contributed by atoms with van der Waals surface area (Å²) in [4.78, 5) is 11.0. The minimum Gasteiger partial charge on any atom is -0.477 e. The van der Waals surface area contributed by atoms with Gasteiger partial charge >= 0.3 is 5.97 Å². The van der Waals surface area contributed by atoms with Crippen LogP contribution in [0.2, 0.25) is 0 Å². The van der Waals surface area contributed by atoms with Crippen LogP contribution in [0, 0.1) is 18.3 Å². The van der Waals surface area contributed by atoms with Gasteiger partial charge in [0.1, 0.15) is 10.9 Å². The van der Waals surface area contributed by atoms with Crippen molar-refractivity contribution in [2.45, 2.75) is 11.1 Å². The van der Waals surface area contributed by atoms with Crippen LogP contribution in [-0.4, -0.2) is 17.3 Å². The molecule has 5 heteroatoms. The molecule has 0 aliphatic heterocycles. The van der Waals surface area contributed by atoms with Gasteiger partial charge < -0.3 is 5.11 Å². The molecule has 0 radical (unpaired) electrons. The van der Waals surface area contributed by atoms with Crippen LogP contribution >= 0.6 is 23.1 Å². The van der Waals surface area contributed by atoms with Crippen molar-refractivity contribution in [2.24, 2.45) is 0 Å². The van der Waals surface area contributed by atoms with Gasteiger partial charge in [0.15, 0.2) is 0 Å². The molecule has 0 unspecified atom stereocenters. The third-order valence-corrected chi connectivity index (χ3v) is 4.01. The van der Waals surface area contributed by atoms with Crippen molar-refractivity contribution < 1.29 is 9.90 Å². The van der Waals surface area contributed by atoms with Gasteiger partial charge in [-0.15, -0.1) is 23.1 Å². The van der Waals surface area contributed by atoms with Crippen molar-refractivity contribution in [3.05, 3.63) is 16.0 Å². The highest BCUT2D eigenvalue weighted by Gasteiger charge is 2.18. The minimum atomic E-state index is -0.959. The van der Waals surface area contributed by atoms with Gasteiger partial charge in [-0.25, -0.2) is 4.79 Å². The van der Waals surface area contributed by atoms with Crippen LogP contribution in [0.1, 0.15) is 20.8 Å². The van der Waals surface area contributed by atoms with Crippen LogP contribution in [0.4, 0.5) is 0 Å². The van der Waals surface area contributed by atoms with E-state index >= 15 is 0 Å². The van der Waals surface area contributed by atoms with E-state index in [0.717, 1.165) is 15.5 Å². The van der Waals surface area contributed by atoms with Gasteiger partial charge in [0.05, 0.1) is 9.77 Å². The van der Waals surface area contributed by atoms with Crippen molar-refractivity contribution in [2.75, 3.05) is 6.26 Å². The van der Waals surface area contributed by atoms with Crippen molar-refractivity contribution in [3.8, 4) is 6.07 Å². The molecule has 1 rings (SSSR count). The van der Waals surface area contributed by atoms with E-state index < -0.39 is 5.97 Å². The Morgan fingerprint density at radius 2 is 2.31 bits per heavy atom. The number of aromatic carboxylic acids is 1. The first-order valence-corrected chi connectivity index (χ1v) is 5.46. The van der Waals surface area contributed by atoms with E-state index in [2.05, 4.69) is 0 Å². The van der Waals surface area contributed by atoms with E-state index in [1.54, 1.807) is 6.92 Å². The number of nitriles is 1. The molecule has 1 heterocycles. The first kappa shape index (κ1) is 10.1. The monoisotopic (exact) mass is 213 g/mol. The number of carbonyl (C=O) groups is 1. The Kier molecular flexibility index (Phi) is 2.96. The summed E-state index contributed by atoms with van der Waals surface area (Å²) in [6, 6.07) is 2.02. The van der Waals surface area contributed by atoms with E-state index in [0.29, 0.717) is 11.1 Å². The molecule has 0 saturated carbocycles. The molecule has 0 aromatic carbocycles. The summed E-state index contributed by atoms with van der Waals surface area (Å²) in [5.74, 6) is -0.959.